The van der Waals surface area contributed by atoms with Crippen LogP contribution in [0.25, 0.3) is 0 Å². The molecule has 14 heavy (non-hydrogen) atoms. The summed E-state index contributed by atoms with van der Waals surface area (Å²) in [6, 6.07) is 10.3. The Balaban J connectivity index is 0.00000169. The first kappa shape index (κ1) is 13.4. The molecule has 74 valence electrons. The van der Waals surface area contributed by atoms with Crippen LogP contribution in [0.4, 0.5) is 0 Å². The van der Waals surface area contributed by atoms with Crippen molar-refractivity contribution in [2.24, 2.45) is 0 Å². The third-order valence-electron chi connectivity index (χ3n) is 2.11. The van der Waals surface area contributed by atoms with Gasteiger partial charge in [0, 0.05) is 0 Å². The van der Waals surface area contributed by atoms with Crippen molar-refractivity contribution in [1.29, 1.82) is 0 Å². The number of benzene rings is 1. The van der Waals surface area contributed by atoms with Gasteiger partial charge in [-0.25, -0.2) is 0 Å². The summed E-state index contributed by atoms with van der Waals surface area (Å²) in [6.45, 7) is 11.6. The van der Waals surface area contributed by atoms with Crippen LogP contribution in [0.2, 0.25) is 0 Å². The van der Waals surface area contributed by atoms with Crippen molar-refractivity contribution in [3.05, 3.63) is 67.5 Å². The van der Waals surface area contributed by atoms with Gasteiger partial charge in [-0.2, -0.15) is 0 Å². The molecule has 1 aromatic rings. The van der Waals surface area contributed by atoms with Crippen molar-refractivity contribution in [2.45, 2.75) is 0 Å². The van der Waals surface area contributed by atoms with E-state index in [0.717, 1.165) is 0 Å². The molecule has 0 atom stereocenters. The number of hydrogen-bond donors (Lipinski definition) is 0. The van der Waals surface area contributed by atoms with Crippen molar-refractivity contribution >= 4 is 12.6 Å². The molecule has 0 bridgehead atoms. The minimum atomic E-state index is -1.50. The molecular formula is C12H14BrP. The van der Waals surface area contributed by atoms with E-state index < -0.39 is 7.26 Å². The van der Waals surface area contributed by atoms with E-state index in [2.05, 4.69) is 31.9 Å². The lowest BCUT2D eigenvalue weighted by Crippen LogP contribution is -3.00. The van der Waals surface area contributed by atoms with Crippen LogP contribution in [0, 0.1) is 0 Å². The molecule has 0 fully saturated rings. The van der Waals surface area contributed by atoms with Crippen molar-refractivity contribution in [3.63, 3.8) is 0 Å². The van der Waals surface area contributed by atoms with Crippen LogP contribution in [-0.4, -0.2) is 0 Å². The van der Waals surface area contributed by atoms with E-state index in [9.17, 15) is 0 Å². The van der Waals surface area contributed by atoms with E-state index in [1.165, 1.54) is 5.30 Å². The molecule has 0 aliphatic rings. The molecule has 0 radical (unpaired) electrons. The Kier molecular flexibility index (Phi) is 5.68. The van der Waals surface area contributed by atoms with E-state index in [0.29, 0.717) is 0 Å². The monoisotopic (exact) mass is 268 g/mol. The van der Waals surface area contributed by atoms with Gasteiger partial charge in [0.15, 0.2) is 0 Å². The molecule has 0 amide bonds. The highest BCUT2D eigenvalue weighted by Crippen LogP contribution is 2.60. The number of rotatable bonds is 4. The third-order valence-corrected chi connectivity index (χ3v) is 5.11. The van der Waals surface area contributed by atoms with Gasteiger partial charge in [-0.3, -0.25) is 0 Å². The van der Waals surface area contributed by atoms with E-state index >= 15 is 0 Å². The third kappa shape index (κ3) is 2.43. The van der Waals surface area contributed by atoms with Gasteiger partial charge in [0.1, 0.15) is 12.6 Å². The standard InChI is InChI=1S/C12H14P.BrH/c1-4-13(5-2,6-3)12-10-8-7-9-11-12;/h4-11H,1-3H2;1H/q+1;/p-1. The first-order chi connectivity index (χ1) is 6.29. The second-order valence-electron chi connectivity index (χ2n) is 2.72. The lowest BCUT2D eigenvalue weighted by atomic mass is 10.4. The summed E-state index contributed by atoms with van der Waals surface area (Å²) in [4.78, 5) is 0. The summed E-state index contributed by atoms with van der Waals surface area (Å²) in [5.74, 6) is 5.88. The van der Waals surface area contributed by atoms with Gasteiger partial charge in [0.25, 0.3) is 0 Å². The molecule has 0 unspecified atom stereocenters. The highest BCUT2D eigenvalue weighted by molar-refractivity contribution is 7.90. The smallest absolute Gasteiger partial charge is 0.120 e. The molecule has 0 N–H and O–H groups in total. The number of hydrogen-bond acceptors (Lipinski definition) is 0. The predicted octanol–water partition coefficient (Wildman–Crippen LogP) is 0.764. The Morgan fingerprint density at radius 1 is 0.857 bits per heavy atom. The van der Waals surface area contributed by atoms with Gasteiger partial charge in [-0.1, -0.05) is 37.9 Å². The molecule has 0 saturated carbocycles. The minimum absolute atomic E-state index is 0. The van der Waals surface area contributed by atoms with Crippen LogP contribution in [-0.2, 0) is 0 Å². The molecule has 1 rings (SSSR count). The van der Waals surface area contributed by atoms with Crippen LogP contribution in [0.15, 0.2) is 67.5 Å². The van der Waals surface area contributed by atoms with Crippen LogP contribution in [0.3, 0.4) is 0 Å². The summed E-state index contributed by atoms with van der Waals surface area (Å²) in [5.41, 5.74) is 0. The quantitative estimate of drug-likeness (QED) is 0.708. The molecular weight excluding hydrogens is 255 g/mol. The summed E-state index contributed by atoms with van der Waals surface area (Å²) < 4.78 is 0. The topological polar surface area (TPSA) is 0 Å². The van der Waals surface area contributed by atoms with Crippen LogP contribution >= 0.6 is 7.26 Å². The van der Waals surface area contributed by atoms with E-state index in [-0.39, 0.29) is 17.0 Å². The van der Waals surface area contributed by atoms with Crippen molar-refractivity contribution < 1.29 is 17.0 Å². The van der Waals surface area contributed by atoms with Crippen molar-refractivity contribution in [3.8, 4) is 0 Å². The molecule has 2 heteroatoms. The average molecular weight is 269 g/mol. The maximum absolute atomic E-state index is 3.86. The zero-order chi connectivity index (χ0) is 9.73. The van der Waals surface area contributed by atoms with Crippen LogP contribution in [0.1, 0.15) is 0 Å². The minimum Gasteiger partial charge on any atom is -1.00 e. The summed E-state index contributed by atoms with van der Waals surface area (Å²) in [5, 5.41) is 1.26. The van der Waals surface area contributed by atoms with Gasteiger partial charge >= 0.3 is 0 Å². The maximum Gasteiger partial charge on any atom is 0.120 e. The molecule has 0 saturated heterocycles. The average Bonchev–Trinajstić information content (AvgIpc) is 2.23. The SMILES string of the molecule is C=C[P+](C=C)(C=C)c1ccccc1.[Br-]. The Morgan fingerprint density at radius 2 is 1.29 bits per heavy atom. The first-order valence-corrected chi connectivity index (χ1v) is 6.13. The normalized spacial score (nSPS) is 9.71. The fourth-order valence-corrected chi connectivity index (χ4v) is 2.99. The highest BCUT2D eigenvalue weighted by atomic mass is 79.9. The van der Waals surface area contributed by atoms with Gasteiger partial charge in [0.2, 0.25) is 0 Å². The van der Waals surface area contributed by atoms with Crippen molar-refractivity contribution in [2.75, 3.05) is 0 Å². The fraction of sp³-hybridized carbons (Fsp3) is 0. The van der Waals surface area contributed by atoms with Gasteiger partial charge in [0.05, 0.1) is 17.5 Å². The largest absolute Gasteiger partial charge is 1.00 e. The molecule has 0 spiro atoms. The fourth-order valence-electron chi connectivity index (χ4n) is 1.23. The van der Waals surface area contributed by atoms with E-state index in [1.807, 2.05) is 35.7 Å². The molecule has 1 aromatic carbocycles. The highest BCUT2D eigenvalue weighted by Gasteiger charge is 2.29. The van der Waals surface area contributed by atoms with Gasteiger partial charge in [-0.05, 0) is 12.1 Å². The Labute approximate surface area is 97.1 Å². The first-order valence-electron chi connectivity index (χ1n) is 4.13. The van der Waals surface area contributed by atoms with Gasteiger partial charge in [-0.15, -0.1) is 0 Å². The second-order valence-corrected chi connectivity index (χ2v) is 6.00. The zero-order valence-corrected chi connectivity index (χ0v) is 10.5. The Hall–Kier alpha value is -0.650. The molecule has 0 aliphatic carbocycles. The molecule has 0 heterocycles. The second kappa shape index (κ2) is 5.95. The van der Waals surface area contributed by atoms with E-state index in [4.69, 9.17) is 0 Å². The van der Waals surface area contributed by atoms with Crippen LogP contribution in [0.5, 0.6) is 0 Å². The van der Waals surface area contributed by atoms with E-state index in [1.54, 1.807) is 0 Å². The zero-order valence-electron chi connectivity index (χ0n) is 8.07. The maximum atomic E-state index is 3.86. The molecule has 0 aromatic heterocycles. The van der Waals surface area contributed by atoms with Gasteiger partial charge < -0.3 is 17.0 Å². The Morgan fingerprint density at radius 3 is 1.64 bits per heavy atom. The number of halogens is 1. The van der Waals surface area contributed by atoms with Crippen LogP contribution < -0.4 is 22.3 Å². The summed E-state index contributed by atoms with van der Waals surface area (Å²) >= 11 is 0. The lowest BCUT2D eigenvalue weighted by Gasteiger charge is -2.12. The molecule has 0 aliphatic heterocycles. The van der Waals surface area contributed by atoms with Crippen molar-refractivity contribution in [1.82, 2.24) is 0 Å². The predicted molar refractivity (Wildman–Crippen MR) is 63.6 cm³/mol. The molecule has 0 nitrogen and oxygen atoms in total. The lowest BCUT2D eigenvalue weighted by molar-refractivity contribution is -0.00000260. The summed E-state index contributed by atoms with van der Waals surface area (Å²) in [6.07, 6.45) is 0. The Bertz CT molecular complexity index is 295. The summed E-state index contributed by atoms with van der Waals surface area (Å²) in [7, 11) is -1.50.